The highest BCUT2D eigenvalue weighted by Gasteiger charge is 1.36. The molecule has 0 saturated heterocycles. The fraction of sp³-hybridized carbons (Fsp3) is 1.00. The van der Waals surface area contributed by atoms with Crippen LogP contribution >= 0.6 is 0 Å². The first-order valence-corrected chi connectivity index (χ1v) is 11.7. The van der Waals surface area contributed by atoms with E-state index in [9.17, 15) is 0 Å². The van der Waals surface area contributed by atoms with Gasteiger partial charge in [0.25, 0.3) is 0 Å². The topological polar surface area (TPSA) is 0 Å². The lowest BCUT2D eigenvalue weighted by molar-refractivity contribution is 1.09. The van der Waals surface area contributed by atoms with Gasteiger partial charge in [0.15, 0.2) is 0 Å². The molecule has 0 nitrogen and oxygen atoms in total. The third-order valence-corrected chi connectivity index (χ3v) is 0. The van der Waals surface area contributed by atoms with Crippen molar-refractivity contribution >= 4 is 0 Å². The number of rotatable bonds is 0. The first-order chi connectivity index (χ1) is 11.7. The highest BCUT2D eigenvalue weighted by molar-refractivity contribution is 3.93. The van der Waals surface area contributed by atoms with Crippen LogP contribution in [0.2, 0.25) is 0 Å². The smallest absolute Gasteiger partial charge is 0.0590 e. The fourth-order valence-corrected chi connectivity index (χ4v) is 0. The van der Waals surface area contributed by atoms with Crippen LogP contribution in [-0.2, 0) is 0 Å². The van der Waals surface area contributed by atoms with E-state index in [0.717, 1.165) is 0 Å². The monoisotopic (exact) mass is 533 g/mol. The second-order valence-electron chi connectivity index (χ2n) is 2.83. The van der Waals surface area contributed by atoms with Crippen molar-refractivity contribution in [3.8, 4) is 0 Å². The summed E-state index contributed by atoms with van der Waals surface area (Å²) in [6.07, 6.45) is 5.00. The van der Waals surface area contributed by atoms with Crippen LogP contribution in [0.25, 0.3) is 0 Å². The Morgan fingerprint density at radius 2 is 0.171 bits per heavy atom. The molecule has 0 fully saturated rings. The van der Waals surface area contributed by atoms with Crippen molar-refractivity contribution in [2.45, 2.75) is 246 Å². The average molecular weight is 533 g/mol. The molecule has 0 unspecified atom stereocenters. The van der Waals surface area contributed by atoms with Crippen LogP contribution in [0.4, 0.5) is 0 Å². The lowest BCUT2D eigenvalue weighted by Gasteiger charge is -1.48. The molecule has 0 spiro atoms. The summed E-state index contributed by atoms with van der Waals surface area (Å²) < 4.78 is 0. The van der Waals surface area contributed by atoms with Crippen molar-refractivity contribution in [2.75, 3.05) is 0 Å². The van der Waals surface area contributed by atoms with Crippen LogP contribution in [0.15, 0.2) is 0 Å². The Balaban J connectivity index is -0.00000000318. The lowest BCUT2D eigenvalue weighted by Crippen LogP contribution is -1.27. The maximum Gasteiger partial charge on any atom is -0.0590 e. The van der Waals surface area contributed by atoms with Gasteiger partial charge in [-0.2, -0.15) is 0 Å². The van der Waals surface area contributed by atoms with Gasteiger partial charge in [0.05, 0.1) is 0 Å². The van der Waals surface area contributed by atoms with E-state index in [2.05, 4.69) is 55.4 Å². The minimum atomic E-state index is 0. The van der Waals surface area contributed by atoms with Gasteiger partial charge in [-0.25, -0.2) is 0 Å². The summed E-state index contributed by atoms with van der Waals surface area (Å²) in [5.74, 6) is 0. The normalized spacial score (nSPS) is 3.09. The Hall–Kier alpha value is 0. The highest BCUT2D eigenvalue weighted by Crippen LogP contribution is 1.57. The first-order valence-electron chi connectivity index (χ1n) is 11.7. The summed E-state index contributed by atoms with van der Waals surface area (Å²) in [5.41, 5.74) is 0. The van der Waals surface area contributed by atoms with Crippen LogP contribution < -0.4 is 0 Å². The molecule has 0 amide bonds. The summed E-state index contributed by atoms with van der Waals surface area (Å²) in [6, 6.07) is 0. The van der Waals surface area contributed by atoms with Crippen molar-refractivity contribution in [1.29, 1.82) is 0 Å². The Kier molecular flexibility index (Phi) is 13600. The summed E-state index contributed by atoms with van der Waals surface area (Å²) in [4.78, 5) is 0. The SMILES string of the molecule is C.C.C.C.C.C.C.C.C.C.C.CC.CC.CC.CC.CC.CC.CCC.CCC.CCC.CCC. The molecular weight excluding hydrogens is 420 g/mol. The molecule has 0 aromatic carbocycles. The minimum Gasteiger partial charge on any atom is -0.0776 e. The van der Waals surface area contributed by atoms with E-state index in [4.69, 9.17) is 0 Å². The standard InChI is InChI=1S/4C3H8.6C2H6.11CH4/c4*1-3-2;6*1-2;;;;;;;;;;;/h4*3H2,1-2H3;6*1-2H3;11*1H4. The summed E-state index contributed by atoms with van der Waals surface area (Å²) in [5, 5.41) is 0. The lowest BCUT2D eigenvalue weighted by atomic mass is 10.6. The number of hydrogen-bond donors (Lipinski definition) is 0. The van der Waals surface area contributed by atoms with Gasteiger partial charge in [-0.15, -0.1) is 0 Å². The van der Waals surface area contributed by atoms with E-state index < -0.39 is 0 Å². The van der Waals surface area contributed by atoms with E-state index in [1.807, 2.05) is 83.1 Å². The summed E-state index contributed by atoms with van der Waals surface area (Å²) >= 11 is 0. The van der Waals surface area contributed by atoms with E-state index in [0.29, 0.717) is 0 Å². The third kappa shape index (κ3) is 0. The van der Waals surface area contributed by atoms with Crippen molar-refractivity contribution in [3.63, 3.8) is 0 Å². The molecule has 252 valence electrons. The number of hydrogen-bond acceptors (Lipinski definition) is 0. The molecule has 0 bridgehead atoms. The molecule has 0 aromatic rings. The second-order valence-corrected chi connectivity index (χ2v) is 2.83. The minimum absolute atomic E-state index is 0. The highest BCUT2D eigenvalue weighted by atomic mass is 13.4. The predicted octanol–water partition coefficient (Wildman–Crippen LogP) is 18.8. The molecule has 0 aliphatic rings. The summed E-state index contributed by atoms with van der Waals surface area (Å²) in [7, 11) is 0. The Bertz CT molecular complexity index is 8.00. The Morgan fingerprint density at radius 1 is 0.171 bits per heavy atom. The molecule has 0 atom stereocenters. The third-order valence-electron chi connectivity index (χ3n) is 0. The van der Waals surface area contributed by atoms with Crippen LogP contribution in [0.1, 0.15) is 246 Å². The molecular formula is C35H112. The van der Waals surface area contributed by atoms with Gasteiger partial charge in [0, 0.05) is 0 Å². The van der Waals surface area contributed by atoms with Crippen molar-refractivity contribution in [3.05, 3.63) is 0 Å². The molecule has 0 aliphatic carbocycles. The Labute approximate surface area is 245 Å². The van der Waals surface area contributed by atoms with Crippen LogP contribution in [0, 0.1) is 0 Å². The Morgan fingerprint density at radius 3 is 0.171 bits per heavy atom. The van der Waals surface area contributed by atoms with Gasteiger partial charge in [0.1, 0.15) is 0 Å². The zero-order chi connectivity index (χ0) is 22.8. The molecule has 0 aliphatic heterocycles. The maximum absolute atomic E-state index is 2.12. The van der Waals surface area contributed by atoms with Crippen molar-refractivity contribution in [1.82, 2.24) is 0 Å². The van der Waals surface area contributed by atoms with Crippen molar-refractivity contribution in [2.24, 2.45) is 0 Å². The molecule has 35 heavy (non-hydrogen) atoms. The zero-order valence-corrected chi connectivity index (χ0v) is 22.8. The molecule has 0 saturated carbocycles. The molecule has 0 rings (SSSR count). The average Bonchev–Trinajstić information content (AvgIpc) is 2.67. The van der Waals surface area contributed by atoms with Gasteiger partial charge in [-0.05, 0) is 0 Å². The van der Waals surface area contributed by atoms with Gasteiger partial charge in [-0.1, -0.05) is 246 Å². The predicted molar refractivity (Wildman–Crippen MR) is 206 cm³/mol. The van der Waals surface area contributed by atoms with E-state index in [1.165, 1.54) is 25.7 Å². The first kappa shape index (κ1) is 206. The fourth-order valence-electron chi connectivity index (χ4n) is 0. The maximum atomic E-state index is 2.12. The quantitative estimate of drug-likeness (QED) is 0.291. The van der Waals surface area contributed by atoms with Gasteiger partial charge >= 0.3 is 0 Å². The van der Waals surface area contributed by atoms with Crippen molar-refractivity contribution < 1.29 is 0 Å². The summed E-state index contributed by atoms with van der Waals surface area (Å²) in [6.45, 7) is 41.0. The molecule has 0 aromatic heterocycles. The van der Waals surface area contributed by atoms with E-state index in [1.54, 1.807) is 0 Å². The van der Waals surface area contributed by atoms with Crippen LogP contribution in [-0.4, -0.2) is 0 Å². The van der Waals surface area contributed by atoms with Gasteiger partial charge < -0.3 is 0 Å². The molecule has 0 heterocycles. The van der Waals surface area contributed by atoms with Crippen LogP contribution in [0.5, 0.6) is 0 Å². The van der Waals surface area contributed by atoms with Crippen LogP contribution in [0.3, 0.4) is 0 Å². The second kappa shape index (κ2) is 2310. The molecule has 0 heteroatoms. The zero-order valence-electron chi connectivity index (χ0n) is 22.8. The van der Waals surface area contributed by atoms with E-state index >= 15 is 0 Å². The molecule has 0 radical (unpaired) electrons. The van der Waals surface area contributed by atoms with E-state index in [-0.39, 0.29) is 81.7 Å². The molecule has 0 N–H and O–H groups in total. The van der Waals surface area contributed by atoms with Gasteiger partial charge in [0.2, 0.25) is 0 Å². The largest absolute Gasteiger partial charge is 0.0776 e. The van der Waals surface area contributed by atoms with Gasteiger partial charge in [-0.3, -0.25) is 0 Å².